The Morgan fingerprint density at radius 1 is 1.11 bits per heavy atom. The fourth-order valence-electron chi connectivity index (χ4n) is 4.39. The summed E-state index contributed by atoms with van der Waals surface area (Å²) >= 11 is 0. The first-order chi connectivity index (χ1) is 13.7. The summed E-state index contributed by atoms with van der Waals surface area (Å²) in [5.74, 6) is 2.48. The van der Waals surface area contributed by atoms with Crippen molar-refractivity contribution in [3.05, 3.63) is 47.8 Å². The molecule has 6 nitrogen and oxygen atoms in total. The highest BCUT2D eigenvalue weighted by Crippen LogP contribution is 2.29. The number of nitrogens with zero attached hydrogens (tertiary/aromatic N) is 4. The predicted molar refractivity (Wildman–Crippen MR) is 113 cm³/mol. The minimum absolute atomic E-state index is 0.167. The summed E-state index contributed by atoms with van der Waals surface area (Å²) in [7, 11) is 0. The molecule has 0 bridgehead atoms. The first-order valence-electron chi connectivity index (χ1n) is 10.5. The van der Waals surface area contributed by atoms with Gasteiger partial charge in [0.05, 0.1) is 6.10 Å². The number of hydrogen-bond acceptors (Lipinski definition) is 6. The molecule has 150 valence electrons. The Morgan fingerprint density at radius 2 is 1.93 bits per heavy atom. The van der Waals surface area contributed by atoms with Crippen molar-refractivity contribution in [3.63, 3.8) is 0 Å². The number of piperidine rings is 1. The van der Waals surface area contributed by atoms with E-state index in [4.69, 9.17) is 0 Å². The van der Waals surface area contributed by atoms with E-state index in [0.29, 0.717) is 5.92 Å². The molecule has 0 radical (unpaired) electrons. The Morgan fingerprint density at radius 3 is 2.75 bits per heavy atom. The van der Waals surface area contributed by atoms with E-state index < -0.39 is 0 Å². The van der Waals surface area contributed by atoms with Crippen LogP contribution in [0, 0.1) is 6.92 Å². The summed E-state index contributed by atoms with van der Waals surface area (Å²) in [6, 6.07) is 10.8. The van der Waals surface area contributed by atoms with Crippen LogP contribution in [0.4, 0.5) is 11.6 Å². The Bertz CT molecular complexity index is 775. The number of anilines is 2. The second-order valence-electron chi connectivity index (χ2n) is 8.05. The molecule has 1 aromatic carbocycles. The van der Waals surface area contributed by atoms with Gasteiger partial charge in [-0.2, -0.15) is 0 Å². The number of benzene rings is 1. The summed E-state index contributed by atoms with van der Waals surface area (Å²) in [5, 5.41) is 13.1. The smallest absolute Gasteiger partial charge is 0.134 e. The van der Waals surface area contributed by atoms with Gasteiger partial charge in [0.25, 0.3) is 0 Å². The second kappa shape index (κ2) is 8.88. The zero-order valence-electron chi connectivity index (χ0n) is 16.7. The lowest BCUT2D eigenvalue weighted by molar-refractivity contribution is 0.145. The molecule has 2 fully saturated rings. The fraction of sp³-hybridized carbons (Fsp3) is 0.545. The highest BCUT2D eigenvalue weighted by Gasteiger charge is 2.24. The summed E-state index contributed by atoms with van der Waals surface area (Å²) in [4.78, 5) is 13.5. The van der Waals surface area contributed by atoms with E-state index in [2.05, 4.69) is 56.3 Å². The average Bonchev–Trinajstić information content (AvgIpc) is 3.18. The van der Waals surface area contributed by atoms with Crippen molar-refractivity contribution in [1.29, 1.82) is 0 Å². The maximum atomic E-state index is 9.68. The molecular formula is C22H31N5O. The molecule has 2 aliphatic rings. The van der Waals surface area contributed by atoms with E-state index in [1.807, 2.05) is 6.07 Å². The van der Waals surface area contributed by atoms with Gasteiger partial charge in [-0.3, -0.25) is 0 Å². The Hall–Kier alpha value is -2.18. The number of aliphatic hydroxyl groups excluding tert-OH is 1. The molecule has 0 spiro atoms. The number of aromatic nitrogens is 2. The Balaban J connectivity index is 1.26. The Kier molecular flexibility index (Phi) is 6.07. The molecule has 6 heteroatoms. The van der Waals surface area contributed by atoms with Gasteiger partial charge >= 0.3 is 0 Å². The van der Waals surface area contributed by atoms with Crippen LogP contribution in [-0.4, -0.2) is 65.3 Å². The molecule has 2 N–H and O–H groups in total. The maximum Gasteiger partial charge on any atom is 0.134 e. The molecule has 0 amide bonds. The third kappa shape index (κ3) is 4.62. The monoisotopic (exact) mass is 381 g/mol. The normalized spacial score (nSPS) is 21.2. The highest BCUT2D eigenvalue weighted by molar-refractivity contribution is 5.48. The van der Waals surface area contributed by atoms with E-state index in [-0.39, 0.29) is 6.10 Å². The van der Waals surface area contributed by atoms with Gasteiger partial charge in [0, 0.05) is 38.8 Å². The molecule has 28 heavy (non-hydrogen) atoms. The topological polar surface area (TPSA) is 64.5 Å². The van der Waals surface area contributed by atoms with Crippen molar-refractivity contribution in [3.8, 4) is 0 Å². The second-order valence-corrected chi connectivity index (χ2v) is 8.05. The number of nitrogens with one attached hydrogen (secondary N) is 1. The number of hydrogen-bond donors (Lipinski definition) is 2. The molecule has 2 aromatic rings. The van der Waals surface area contributed by atoms with Gasteiger partial charge in [-0.25, -0.2) is 9.97 Å². The molecular weight excluding hydrogens is 350 g/mol. The lowest BCUT2D eigenvalue weighted by atomic mass is 9.94. The average molecular weight is 382 g/mol. The molecule has 0 saturated carbocycles. The van der Waals surface area contributed by atoms with Crippen molar-refractivity contribution in [2.75, 3.05) is 49.5 Å². The van der Waals surface area contributed by atoms with Gasteiger partial charge in [-0.1, -0.05) is 24.3 Å². The Labute approximate surface area is 167 Å². The third-order valence-electron chi connectivity index (χ3n) is 6.08. The van der Waals surface area contributed by atoms with E-state index in [0.717, 1.165) is 63.7 Å². The molecule has 2 aliphatic heterocycles. The number of likely N-dealkylation sites (tertiary alicyclic amines) is 1. The highest BCUT2D eigenvalue weighted by atomic mass is 16.3. The van der Waals surface area contributed by atoms with E-state index >= 15 is 0 Å². The zero-order valence-corrected chi connectivity index (χ0v) is 16.7. The third-order valence-corrected chi connectivity index (χ3v) is 6.08. The molecule has 1 unspecified atom stereocenters. The van der Waals surface area contributed by atoms with Crippen LogP contribution in [0.25, 0.3) is 0 Å². The fourth-order valence-corrected chi connectivity index (χ4v) is 4.39. The van der Waals surface area contributed by atoms with Crippen LogP contribution in [0.1, 0.15) is 36.3 Å². The number of rotatable bonds is 6. The molecule has 1 aromatic heterocycles. The largest absolute Gasteiger partial charge is 0.393 e. The van der Waals surface area contributed by atoms with Gasteiger partial charge in [0.1, 0.15) is 18.0 Å². The van der Waals surface area contributed by atoms with Crippen LogP contribution in [-0.2, 0) is 0 Å². The number of aryl methyl sites for hydroxylation is 1. The van der Waals surface area contributed by atoms with E-state index in [9.17, 15) is 5.11 Å². The first-order valence-corrected chi connectivity index (χ1v) is 10.5. The van der Waals surface area contributed by atoms with E-state index in [1.165, 1.54) is 17.5 Å². The summed E-state index contributed by atoms with van der Waals surface area (Å²) in [6.45, 7) is 8.13. The van der Waals surface area contributed by atoms with Crippen molar-refractivity contribution in [2.45, 2.75) is 38.2 Å². The summed E-state index contributed by atoms with van der Waals surface area (Å²) in [6.07, 6.45) is 4.32. The SMILES string of the molecule is Cc1ccccc1C1CCN(CCNc2cc(N3CCC(O)CC3)ncn2)C1. The van der Waals surface area contributed by atoms with Crippen LogP contribution >= 0.6 is 0 Å². The predicted octanol–water partition coefficient (Wildman–Crippen LogP) is 2.65. The van der Waals surface area contributed by atoms with Crippen molar-refractivity contribution in [1.82, 2.24) is 14.9 Å². The van der Waals surface area contributed by atoms with Gasteiger partial charge in [-0.05, 0) is 49.8 Å². The van der Waals surface area contributed by atoms with Gasteiger partial charge < -0.3 is 20.2 Å². The molecule has 0 aliphatic carbocycles. The lowest BCUT2D eigenvalue weighted by Crippen LogP contribution is -2.36. The van der Waals surface area contributed by atoms with Gasteiger partial charge in [-0.15, -0.1) is 0 Å². The number of aliphatic hydroxyl groups is 1. The zero-order chi connectivity index (χ0) is 19.3. The minimum atomic E-state index is -0.167. The molecule has 2 saturated heterocycles. The molecule has 4 rings (SSSR count). The summed E-state index contributed by atoms with van der Waals surface area (Å²) in [5.41, 5.74) is 2.91. The minimum Gasteiger partial charge on any atom is -0.393 e. The standard InChI is InChI=1S/C22H31N5O/c1-17-4-2-3-5-20(17)18-6-10-26(15-18)13-9-23-21-14-22(25-16-24-21)27-11-7-19(28)8-12-27/h2-5,14,16,18-19,28H,6-13,15H2,1H3,(H,23,24,25). The van der Waals surface area contributed by atoms with Crippen LogP contribution in [0.2, 0.25) is 0 Å². The van der Waals surface area contributed by atoms with Crippen LogP contribution in [0.3, 0.4) is 0 Å². The molecule has 3 heterocycles. The van der Waals surface area contributed by atoms with Gasteiger partial charge in [0.2, 0.25) is 0 Å². The van der Waals surface area contributed by atoms with Crippen molar-refractivity contribution in [2.24, 2.45) is 0 Å². The van der Waals surface area contributed by atoms with Gasteiger partial charge in [0.15, 0.2) is 0 Å². The lowest BCUT2D eigenvalue weighted by Gasteiger charge is -2.30. The first kappa shape index (κ1) is 19.2. The van der Waals surface area contributed by atoms with Crippen molar-refractivity contribution < 1.29 is 5.11 Å². The van der Waals surface area contributed by atoms with E-state index in [1.54, 1.807) is 6.33 Å². The van der Waals surface area contributed by atoms with Crippen LogP contribution in [0.5, 0.6) is 0 Å². The van der Waals surface area contributed by atoms with Crippen LogP contribution in [0.15, 0.2) is 36.7 Å². The van der Waals surface area contributed by atoms with Crippen LogP contribution < -0.4 is 10.2 Å². The quantitative estimate of drug-likeness (QED) is 0.802. The summed E-state index contributed by atoms with van der Waals surface area (Å²) < 4.78 is 0. The van der Waals surface area contributed by atoms with Crippen molar-refractivity contribution >= 4 is 11.6 Å². The molecule has 1 atom stereocenters. The maximum absolute atomic E-state index is 9.68.